The molecule has 11 aliphatic rings. The summed E-state index contributed by atoms with van der Waals surface area (Å²) in [6.07, 6.45) is 16.3. The molecule has 0 aromatic heterocycles. The number of phenolic OH excluding ortho intramolecular Hbond substituents is 1. The van der Waals surface area contributed by atoms with Gasteiger partial charge in [0.2, 0.25) is 0 Å². The van der Waals surface area contributed by atoms with Gasteiger partial charge < -0.3 is 46.3 Å². The number of cyclic esters (lactones) is 1. The third-order valence-electron chi connectivity index (χ3n) is 21.9. The first kappa shape index (κ1) is 56.5. The number of ether oxygens (including phenoxy) is 2. The molecule has 2 saturated heterocycles. The summed E-state index contributed by atoms with van der Waals surface area (Å²) in [4.78, 5) is 30.7. The van der Waals surface area contributed by atoms with Crippen molar-refractivity contribution in [3.63, 3.8) is 0 Å². The Morgan fingerprint density at radius 3 is 2.49 bits per heavy atom. The Labute approximate surface area is 492 Å². The minimum Gasteiger partial charge on any atom is -0.508 e. The van der Waals surface area contributed by atoms with Gasteiger partial charge in [0.05, 0.1) is 23.3 Å². The van der Waals surface area contributed by atoms with E-state index in [0.717, 1.165) is 142 Å². The number of hydrogen-bond donors (Lipinski definition) is 7. The van der Waals surface area contributed by atoms with Crippen LogP contribution in [0.4, 0.5) is 0 Å². The number of esters is 2. The lowest BCUT2D eigenvalue weighted by atomic mass is 9.44. The van der Waals surface area contributed by atoms with Gasteiger partial charge in [-0.3, -0.25) is 0 Å². The molecule has 11 nitrogen and oxygen atoms in total. The molecule has 15 rings (SSSR count). The largest absolute Gasteiger partial charge is 0.508 e. The molecular formula is C72H89N5O6. The molecule has 6 aliphatic carbocycles. The predicted octanol–water partition coefficient (Wildman–Crippen LogP) is 11.8. The lowest BCUT2D eigenvalue weighted by molar-refractivity contribution is -0.135. The molecule has 13 unspecified atom stereocenters. The highest BCUT2D eigenvalue weighted by Crippen LogP contribution is 2.73. The van der Waals surface area contributed by atoms with E-state index in [1.54, 1.807) is 6.07 Å². The van der Waals surface area contributed by atoms with Crippen LogP contribution in [0.3, 0.4) is 0 Å². The summed E-state index contributed by atoms with van der Waals surface area (Å²) in [6.45, 7) is 13.3. The Kier molecular flexibility index (Phi) is 15.9. The fourth-order valence-electron chi connectivity index (χ4n) is 18.4. The number of carbonyl (C=O) groups excluding carboxylic acids is 2. The van der Waals surface area contributed by atoms with Crippen LogP contribution < -0.4 is 26.6 Å². The summed E-state index contributed by atoms with van der Waals surface area (Å²) < 4.78 is 13.6. The second kappa shape index (κ2) is 23.3. The number of benzene rings is 4. The van der Waals surface area contributed by atoms with Crippen molar-refractivity contribution >= 4 is 17.5 Å². The second-order valence-electron chi connectivity index (χ2n) is 27.1. The maximum atomic E-state index is 15.4. The Morgan fingerprint density at radius 1 is 0.807 bits per heavy atom. The Balaban J connectivity index is 0.984. The first-order valence-corrected chi connectivity index (χ1v) is 32.0. The van der Waals surface area contributed by atoms with Crippen LogP contribution in [0.5, 0.6) is 5.75 Å². The van der Waals surface area contributed by atoms with Crippen molar-refractivity contribution in [3.8, 4) is 16.9 Å². The lowest BCUT2D eigenvalue weighted by Gasteiger charge is -2.56. The van der Waals surface area contributed by atoms with Gasteiger partial charge in [-0.15, -0.1) is 0 Å². The number of aromatic hydroxyl groups is 1. The maximum absolute atomic E-state index is 15.4. The first-order valence-electron chi connectivity index (χ1n) is 32.0. The first-order chi connectivity index (χ1) is 40.3. The number of aliphatic hydroxyl groups excluding tert-OH is 1. The van der Waals surface area contributed by atoms with E-state index in [4.69, 9.17) is 9.47 Å². The molecule has 5 fully saturated rings. The Hall–Kier alpha value is -5.66. The third-order valence-corrected chi connectivity index (χ3v) is 21.9. The van der Waals surface area contributed by atoms with Crippen molar-refractivity contribution < 1.29 is 29.3 Å². The number of carbonyl (C=O) groups is 2. The van der Waals surface area contributed by atoms with Crippen LogP contribution >= 0.6 is 0 Å². The number of aliphatic hydroxyl groups is 1. The molecule has 5 aliphatic heterocycles. The number of fused-ring (bicyclic) bond motifs is 6. The van der Waals surface area contributed by atoms with Gasteiger partial charge in [0.15, 0.2) is 0 Å². The fraction of sp³-hybridized carbons (Fsp3) is 0.528. The molecule has 1 spiro atoms. The topological polar surface area (TPSA) is 153 Å². The zero-order valence-electron chi connectivity index (χ0n) is 49.7. The van der Waals surface area contributed by atoms with Gasteiger partial charge in [0, 0.05) is 42.7 Å². The van der Waals surface area contributed by atoms with Gasteiger partial charge in [0.1, 0.15) is 17.3 Å². The molecule has 438 valence electrons. The molecule has 14 bridgehead atoms. The van der Waals surface area contributed by atoms with E-state index in [1.165, 1.54) is 28.7 Å². The molecule has 4 aromatic rings. The van der Waals surface area contributed by atoms with Crippen LogP contribution in [0.1, 0.15) is 138 Å². The molecule has 11 heteroatoms. The molecule has 5 heterocycles. The number of allylic oxidation sites excluding steroid dienone is 5. The fourth-order valence-corrected chi connectivity index (χ4v) is 18.4. The van der Waals surface area contributed by atoms with E-state index >= 15 is 9.59 Å². The molecule has 0 amide bonds. The Bertz CT molecular complexity index is 3250. The smallest absolute Gasteiger partial charge is 0.340 e. The second-order valence-corrected chi connectivity index (χ2v) is 27.1. The Morgan fingerprint density at radius 2 is 1.67 bits per heavy atom. The highest BCUT2D eigenvalue weighted by Gasteiger charge is 2.69. The number of piperidine rings is 1. The molecular weight excluding hydrogens is 1030 g/mol. The standard InChI is InChI=1S/C72H89N5O6/c1-6-44(29-45-11-8-7-9-12-45)34-62-72-27-22-54-55-18-19-57-61(82-69(80)65(57)66(55)72)23-26-71-25-21-56(59(71)20-15-50-41-76-63(73-5)36-60(50)71)68(77-38-43(4)78)51-31-46(30-48(33-51)40-75-37-42(2)3)24-28-74-39-47-13-10-14-49(32-47)53-17-16-52(79)35-58(53)64(54)67(72)70(81)83-62/h7-14,16-17,23,30-35,42-44,50,54-56,59-60,63,66,68,73-79H,6,15,18-22,24-29,36-41H2,1-5H3. The molecule has 3 saturated carbocycles. The summed E-state index contributed by atoms with van der Waals surface area (Å²) in [5.41, 5.74) is 11.7. The van der Waals surface area contributed by atoms with E-state index in [1.807, 2.05) is 19.1 Å². The van der Waals surface area contributed by atoms with Gasteiger partial charge in [-0.25, -0.2) is 9.59 Å². The van der Waals surface area contributed by atoms with Crippen LogP contribution in [0.15, 0.2) is 131 Å². The summed E-state index contributed by atoms with van der Waals surface area (Å²) in [5, 5.41) is 41.7. The zero-order chi connectivity index (χ0) is 57.1. The van der Waals surface area contributed by atoms with Gasteiger partial charge in [0.25, 0.3) is 0 Å². The van der Waals surface area contributed by atoms with E-state index < -0.39 is 11.5 Å². The van der Waals surface area contributed by atoms with Crippen molar-refractivity contribution in [1.29, 1.82) is 0 Å². The third kappa shape index (κ3) is 10.3. The molecule has 0 radical (unpaired) electrons. The highest BCUT2D eigenvalue weighted by atomic mass is 16.6. The van der Waals surface area contributed by atoms with E-state index in [2.05, 4.69) is 139 Å². The van der Waals surface area contributed by atoms with Crippen molar-refractivity contribution in [3.05, 3.63) is 165 Å². The monoisotopic (exact) mass is 1120 g/mol. The average Bonchev–Trinajstić information content (AvgIpc) is 1.81. The van der Waals surface area contributed by atoms with Crippen molar-refractivity contribution in [2.24, 2.45) is 64.1 Å². The molecule has 7 N–H and O–H groups in total. The lowest BCUT2D eigenvalue weighted by Crippen LogP contribution is -2.57. The summed E-state index contributed by atoms with van der Waals surface area (Å²) >= 11 is 0. The number of rotatable bonds is 12. The number of hydrogen-bond acceptors (Lipinski definition) is 11. The van der Waals surface area contributed by atoms with Crippen LogP contribution in [0.25, 0.3) is 16.7 Å². The van der Waals surface area contributed by atoms with Crippen LogP contribution in [0.2, 0.25) is 0 Å². The molecule has 83 heavy (non-hydrogen) atoms. The molecule has 13 atom stereocenters. The maximum Gasteiger partial charge on any atom is 0.340 e. The van der Waals surface area contributed by atoms with E-state index in [9.17, 15) is 10.2 Å². The quantitative estimate of drug-likeness (QED) is 0.0679. The van der Waals surface area contributed by atoms with Crippen LogP contribution in [0, 0.1) is 64.1 Å². The molecule has 4 aromatic carbocycles. The van der Waals surface area contributed by atoms with Crippen molar-refractivity contribution in [2.75, 3.05) is 33.2 Å². The predicted molar refractivity (Wildman–Crippen MR) is 327 cm³/mol. The van der Waals surface area contributed by atoms with Gasteiger partial charge in [-0.1, -0.05) is 93.6 Å². The minimum atomic E-state index is -0.891. The van der Waals surface area contributed by atoms with Gasteiger partial charge in [-0.2, -0.15) is 0 Å². The average molecular weight is 1120 g/mol. The van der Waals surface area contributed by atoms with Crippen molar-refractivity contribution in [1.82, 2.24) is 26.6 Å². The van der Waals surface area contributed by atoms with Crippen LogP contribution in [-0.2, 0) is 45.0 Å². The zero-order valence-corrected chi connectivity index (χ0v) is 49.7. The highest BCUT2D eigenvalue weighted by molar-refractivity contribution is 6.07. The number of phenols is 1. The van der Waals surface area contributed by atoms with E-state index in [0.29, 0.717) is 60.4 Å². The van der Waals surface area contributed by atoms with Gasteiger partial charge in [-0.05, 0) is 250 Å². The van der Waals surface area contributed by atoms with E-state index in [-0.39, 0.29) is 59.0 Å². The minimum absolute atomic E-state index is 0.0382. The summed E-state index contributed by atoms with van der Waals surface area (Å²) in [6, 6.07) is 32.4. The summed E-state index contributed by atoms with van der Waals surface area (Å²) in [5.74, 6) is 3.06. The normalized spacial score (nSPS) is 32.1. The summed E-state index contributed by atoms with van der Waals surface area (Å²) in [7, 11) is 2.09. The number of nitrogens with one attached hydrogen (secondary N) is 5. The van der Waals surface area contributed by atoms with Gasteiger partial charge >= 0.3 is 11.9 Å². The van der Waals surface area contributed by atoms with Crippen molar-refractivity contribution in [2.45, 2.75) is 143 Å². The SMILES string of the molecule is CCC(C=C1OC(=O)C2=C3c4cc(O)ccc4-c4cccc(c4)CNCCc4cc(CNCC(C)C)cc(c4)C(NCC(C)O)C4CCC5(CC=C6OC(=O)C7=C6CCC6C3CCC12C76)C1CC(NC)NCC1CCC45)Cc1ccccc1. The van der Waals surface area contributed by atoms with Crippen LogP contribution in [-0.4, -0.2) is 67.6 Å².